The summed E-state index contributed by atoms with van der Waals surface area (Å²) in [6.45, 7) is 1.21. The van der Waals surface area contributed by atoms with Crippen molar-refractivity contribution < 1.29 is 39.4 Å². The number of aromatic hydroxyl groups is 1. The predicted octanol–water partition coefficient (Wildman–Crippen LogP) is -0.848. The zero-order valence-corrected chi connectivity index (χ0v) is 18.7. The number of carbonyl (C=O) groups is 3. The summed E-state index contributed by atoms with van der Waals surface area (Å²) in [6.07, 6.45) is 0.571. The van der Waals surface area contributed by atoms with Crippen LogP contribution in [0.4, 0.5) is 0 Å². The summed E-state index contributed by atoms with van der Waals surface area (Å²) in [5.74, 6) is -1.81. The maximum atomic E-state index is 12.6. The zero-order valence-electron chi connectivity index (χ0n) is 18.7. The summed E-state index contributed by atoms with van der Waals surface area (Å²) >= 11 is 0. The van der Waals surface area contributed by atoms with Gasteiger partial charge in [0.05, 0.1) is 19.1 Å². The minimum atomic E-state index is -1.56. The number of benzene rings is 1. The average Bonchev–Trinajstić information content (AvgIpc) is 3.16. The molecule has 0 bridgehead atoms. The number of nitrogens with zero attached hydrogens (tertiary/aromatic N) is 2. The highest BCUT2D eigenvalue weighted by Crippen LogP contribution is 2.34. The number of rotatable bonds is 9. The highest BCUT2D eigenvalue weighted by Gasteiger charge is 2.37. The first-order valence-electron chi connectivity index (χ1n) is 10.9. The fourth-order valence-corrected chi connectivity index (χ4v) is 4.14. The van der Waals surface area contributed by atoms with Gasteiger partial charge in [0.15, 0.2) is 0 Å². The Morgan fingerprint density at radius 3 is 2.55 bits per heavy atom. The standard InChI is InChI=1S/C21H30BN3O8/c1-24(2)20(28)15-7-12(9-23-15)8-17(26)25-10-14(11-25)33-16-4-3-13(5-6-22(31)32)19(27)18(16)21(29)30/h3-4,12,14-15,23,27,31-32H,5-11H2,1-2H3,(H,29,30)/t12-,15+/m1/s1. The summed E-state index contributed by atoms with van der Waals surface area (Å²) in [5.41, 5.74) is -0.118. The third-order valence-corrected chi connectivity index (χ3v) is 6.03. The van der Waals surface area contributed by atoms with E-state index in [4.69, 9.17) is 14.8 Å². The van der Waals surface area contributed by atoms with Crippen molar-refractivity contribution in [3.05, 3.63) is 23.3 Å². The molecule has 0 aliphatic carbocycles. The van der Waals surface area contributed by atoms with E-state index in [9.17, 15) is 24.6 Å². The first kappa shape index (κ1) is 24.8. The van der Waals surface area contributed by atoms with Gasteiger partial charge < -0.3 is 40.1 Å². The van der Waals surface area contributed by atoms with E-state index in [-0.39, 0.29) is 47.8 Å². The molecule has 1 aromatic carbocycles. The number of phenols is 1. The second-order valence-electron chi connectivity index (χ2n) is 8.81. The molecule has 2 amide bonds. The zero-order chi connectivity index (χ0) is 24.3. The lowest BCUT2D eigenvalue weighted by Gasteiger charge is -2.39. The van der Waals surface area contributed by atoms with Crippen molar-refractivity contribution in [3.63, 3.8) is 0 Å². The molecule has 11 nitrogen and oxygen atoms in total. The molecule has 2 fully saturated rings. The number of likely N-dealkylation sites (tertiary alicyclic amines) is 1. The van der Waals surface area contributed by atoms with Crippen LogP contribution in [-0.4, -0.2) is 101 Å². The summed E-state index contributed by atoms with van der Waals surface area (Å²) in [6, 6.07) is 2.65. The van der Waals surface area contributed by atoms with Crippen molar-refractivity contribution in [3.8, 4) is 11.5 Å². The second kappa shape index (κ2) is 10.4. The minimum Gasteiger partial charge on any atom is -0.507 e. The van der Waals surface area contributed by atoms with Crippen LogP contribution in [0.1, 0.15) is 28.8 Å². The van der Waals surface area contributed by atoms with E-state index in [1.165, 1.54) is 17.0 Å². The topological polar surface area (TPSA) is 160 Å². The fourth-order valence-electron chi connectivity index (χ4n) is 4.14. The first-order chi connectivity index (χ1) is 15.6. The lowest BCUT2D eigenvalue weighted by Crippen LogP contribution is -2.56. The number of nitrogens with one attached hydrogen (secondary N) is 1. The minimum absolute atomic E-state index is 0.00147. The van der Waals surface area contributed by atoms with E-state index < -0.39 is 30.5 Å². The van der Waals surface area contributed by atoms with Crippen LogP contribution in [0.2, 0.25) is 6.32 Å². The Balaban J connectivity index is 1.52. The van der Waals surface area contributed by atoms with Crippen molar-refractivity contribution >= 4 is 24.9 Å². The highest BCUT2D eigenvalue weighted by molar-refractivity contribution is 6.41. The Kier molecular flexibility index (Phi) is 7.82. The predicted molar refractivity (Wildman–Crippen MR) is 118 cm³/mol. The van der Waals surface area contributed by atoms with Gasteiger partial charge in [-0.05, 0) is 43.3 Å². The number of amides is 2. The van der Waals surface area contributed by atoms with E-state index in [0.717, 1.165) is 0 Å². The third-order valence-electron chi connectivity index (χ3n) is 6.03. The molecular formula is C21H30BN3O8. The van der Waals surface area contributed by atoms with Gasteiger partial charge in [0.25, 0.3) is 0 Å². The molecule has 2 aliphatic heterocycles. The monoisotopic (exact) mass is 463 g/mol. The summed E-state index contributed by atoms with van der Waals surface area (Å²) in [7, 11) is 1.84. The molecule has 2 heterocycles. The molecule has 0 radical (unpaired) electrons. The number of carboxylic acid groups (broad SMARTS) is 1. The van der Waals surface area contributed by atoms with Gasteiger partial charge in [0, 0.05) is 20.5 Å². The maximum Gasteiger partial charge on any atom is 0.451 e. The van der Waals surface area contributed by atoms with Crippen molar-refractivity contribution in [2.45, 2.75) is 37.7 Å². The molecule has 5 N–H and O–H groups in total. The molecule has 2 atom stereocenters. The van der Waals surface area contributed by atoms with Gasteiger partial charge in [0.1, 0.15) is 23.2 Å². The lowest BCUT2D eigenvalue weighted by atomic mass is 9.82. The Labute approximate surface area is 192 Å². The molecule has 180 valence electrons. The lowest BCUT2D eigenvalue weighted by molar-refractivity contribution is -0.141. The van der Waals surface area contributed by atoms with Gasteiger partial charge in [-0.25, -0.2) is 4.79 Å². The number of aryl methyl sites for hydroxylation is 1. The quantitative estimate of drug-likeness (QED) is 0.294. The van der Waals surface area contributed by atoms with Gasteiger partial charge in [0.2, 0.25) is 11.8 Å². The molecule has 2 aliphatic rings. The molecule has 0 unspecified atom stereocenters. The first-order valence-corrected chi connectivity index (χ1v) is 10.9. The van der Waals surface area contributed by atoms with Crippen molar-refractivity contribution in [2.75, 3.05) is 33.7 Å². The van der Waals surface area contributed by atoms with E-state index in [1.807, 2.05) is 0 Å². The summed E-state index contributed by atoms with van der Waals surface area (Å²) < 4.78 is 5.73. The van der Waals surface area contributed by atoms with Gasteiger partial charge in [-0.2, -0.15) is 0 Å². The van der Waals surface area contributed by atoms with Gasteiger partial charge in [-0.1, -0.05) is 6.07 Å². The Morgan fingerprint density at radius 1 is 1.24 bits per heavy atom. The van der Waals surface area contributed by atoms with Crippen LogP contribution in [-0.2, 0) is 16.0 Å². The van der Waals surface area contributed by atoms with Crippen LogP contribution in [0.5, 0.6) is 11.5 Å². The molecule has 1 aromatic rings. The number of aromatic carboxylic acids is 1. The van der Waals surface area contributed by atoms with Crippen LogP contribution in [0.25, 0.3) is 0 Å². The molecule has 3 rings (SSSR count). The molecule has 2 saturated heterocycles. The fraction of sp³-hybridized carbons (Fsp3) is 0.571. The van der Waals surface area contributed by atoms with Gasteiger partial charge in [-0.15, -0.1) is 0 Å². The molecule has 12 heteroatoms. The molecule has 33 heavy (non-hydrogen) atoms. The maximum absolute atomic E-state index is 12.6. The SMILES string of the molecule is CN(C)C(=O)[C@@H]1C[C@H](CC(=O)N2CC(Oc3ccc(CCB(O)O)c(O)c3C(=O)O)C2)CN1. The van der Waals surface area contributed by atoms with Crippen LogP contribution >= 0.6 is 0 Å². The van der Waals surface area contributed by atoms with E-state index in [2.05, 4.69) is 5.32 Å². The number of carbonyl (C=O) groups excluding carboxylic acids is 2. The largest absolute Gasteiger partial charge is 0.507 e. The number of hydrogen-bond donors (Lipinski definition) is 5. The van der Waals surface area contributed by atoms with E-state index in [0.29, 0.717) is 32.5 Å². The molecule has 0 saturated carbocycles. The average molecular weight is 463 g/mol. The molecular weight excluding hydrogens is 433 g/mol. The van der Waals surface area contributed by atoms with Crippen LogP contribution in [0.15, 0.2) is 12.1 Å². The van der Waals surface area contributed by atoms with Crippen LogP contribution < -0.4 is 10.1 Å². The Morgan fingerprint density at radius 2 is 1.94 bits per heavy atom. The van der Waals surface area contributed by atoms with E-state index in [1.54, 1.807) is 19.0 Å². The summed E-state index contributed by atoms with van der Waals surface area (Å²) in [4.78, 5) is 39.4. The number of ether oxygens (including phenoxy) is 1. The van der Waals surface area contributed by atoms with Crippen LogP contribution in [0.3, 0.4) is 0 Å². The van der Waals surface area contributed by atoms with E-state index >= 15 is 0 Å². The molecule has 0 spiro atoms. The van der Waals surface area contributed by atoms with Gasteiger partial charge >= 0.3 is 13.1 Å². The summed E-state index contributed by atoms with van der Waals surface area (Å²) in [5, 5.41) is 41.0. The third kappa shape index (κ3) is 5.95. The normalized spacial score (nSPS) is 20.3. The Bertz CT molecular complexity index is 904. The molecule has 0 aromatic heterocycles. The smallest absolute Gasteiger partial charge is 0.451 e. The Hall–Kier alpha value is -2.83. The number of likely N-dealkylation sites (N-methyl/N-ethyl adjacent to an activating group) is 1. The van der Waals surface area contributed by atoms with Crippen molar-refractivity contribution in [1.82, 2.24) is 15.1 Å². The number of hydrogen-bond acceptors (Lipinski definition) is 8. The van der Waals surface area contributed by atoms with Crippen LogP contribution in [0, 0.1) is 5.92 Å². The van der Waals surface area contributed by atoms with Crippen molar-refractivity contribution in [1.29, 1.82) is 0 Å². The second-order valence-corrected chi connectivity index (χ2v) is 8.81. The highest BCUT2D eigenvalue weighted by atomic mass is 16.5. The van der Waals surface area contributed by atoms with Crippen molar-refractivity contribution in [2.24, 2.45) is 5.92 Å². The van der Waals surface area contributed by atoms with Gasteiger partial charge in [-0.3, -0.25) is 9.59 Å². The number of carboxylic acids is 1.